The van der Waals surface area contributed by atoms with Gasteiger partial charge in [-0.2, -0.15) is 10.2 Å². The van der Waals surface area contributed by atoms with E-state index in [4.69, 9.17) is 28.5 Å². The van der Waals surface area contributed by atoms with E-state index in [0.717, 1.165) is 5.56 Å². The zero-order chi connectivity index (χ0) is 14.1. The summed E-state index contributed by atoms with van der Waals surface area (Å²) in [6, 6.07) is 12.9. The lowest BCUT2D eigenvalue weighted by atomic mass is 10.1. The number of halogens is 2. The molecule has 6 heteroatoms. The highest BCUT2D eigenvalue weighted by atomic mass is 35.5. The van der Waals surface area contributed by atoms with Crippen molar-refractivity contribution in [1.29, 1.82) is 5.26 Å². The van der Waals surface area contributed by atoms with Crippen LogP contribution in [-0.4, -0.2) is 15.0 Å². The maximum Gasteiger partial charge on any atom is 0.225 e. The smallest absolute Gasteiger partial charge is 0.225 e. The number of hydrogen-bond acceptors (Lipinski definition) is 4. The molecule has 0 spiro atoms. The first-order valence-corrected chi connectivity index (χ1v) is 6.43. The Bertz CT molecular complexity index is 855. The minimum absolute atomic E-state index is 0.0536. The van der Waals surface area contributed by atoms with Crippen molar-refractivity contribution in [3.63, 3.8) is 0 Å². The molecule has 1 aromatic carbocycles. The number of rotatable bonds is 1. The van der Waals surface area contributed by atoms with Gasteiger partial charge in [-0.05, 0) is 35.9 Å². The second kappa shape index (κ2) is 5.04. The fourth-order valence-corrected chi connectivity index (χ4v) is 2.29. The molecule has 0 radical (unpaired) electrons. The highest BCUT2D eigenvalue weighted by Gasteiger charge is 2.08. The molecule has 0 saturated heterocycles. The second-order valence-corrected chi connectivity index (χ2v) is 4.74. The highest BCUT2D eigenvalue weighted by molar-refractivity contribution is 6.35. The quantitative estimate of drug-likeness (QED) is 0.505. The summed E-state index contributed by atoms with van der Waals surface area (Å²) in [6.07, 6.45) is 0. The zero-order valence-corrected chi connectivity index (χ0v) is 11.5. The van der Waals surface area contributed by atoms with E-state index in [-0.39, 0.29) is 10.4 Å². The third-order valence-electron chi connectivity index (χ3n) is 2.77. The van der Waals surface area contributed by atoms with Gasteiger partial charge in [0.15, 0.2) is 5.65 Å². The van der Waals surface area contributed by atoms with Gasteiger partial charge >= 0.3 is 0 Å². The molecule has 0 fully saturated rings. The fraction of sp³-hybridized carbons (Fsp3) is 0. The van der Waals surface area contributed by atoms with Crippen LogP contribution in [0.25, 0.3) is 22.3 Å². The average Bonchev–Trinajstić information content (AvgIpc) is 2.46. The Morgan fingerprint density at radius 3 is 2.65 bits per heavy atom. The molecule has 0 aliphatic carbocycles. The van der Waals surface area contributed by atoms with E-state index >= 15 is 0 Å². The topological polar surface area (TPSA) is 62.5 Å². The van der Waals surface area contributed by atoms with Crippen LogP contribution >= 0.6 is 23.2 Å². The molecule has 96 valence electrons. The average molecular weight is 301 g/mol. The molecule has 0 aliphatic rings. The van der Waals surface area contributed by atoms with Gasteiger partial charge in [-0.15, -0.1) is 0 Å². The Kier molecular flexibility index (Phi) is 3.23. The molecule has 4 nitrogen and oxygen atoms in total. The van der Waals surface area contributed by atoms with Crippen LogP contribution < -0.4 is 0 Å². The summed E-state index contributed by atoms with van der Waals surface area (Å²) in [5.41, 5.74) is 2.52. The van der Waals surface area contributed by atoms with E-state index in [1.54, 1.807) is 24.3 Å². The zero-order valence-electron chi connectivity index (χ0n) is 10.0. The van der Waals surface area contributed by atoms with Gasteiger partial charge in [-0.25, -0.2) is 9.97 Å². The molecular weight excluding hydrogens is 295 g/mol. The van der Waals surface area contributed by atoms with E-state index in [0.29, 0.717) is 22.3 Å². The van der Waals surface area contributed by atoms with E-state index < -0.39 is 0 Å². The van der Waals surface area contributed by atoms with Crippen LogP contribution in [-0.2, 0) is 0 Å². The number of nitriles is 1. The van der Waals surface area contributed by atoms with E-state index in [2.05, 4.69) is 21.0 Å². The molecule has 0 amide bonds. The molecule has 3 rings (SSSR count). The van der Waals surface area contributed by atoms with Gasteiger partial charge in [0.05, 0.1) is 22.7 Å². The molecule has 0 aliphatic heterocycles. The Balaban J connectivity index is 2.20. The lowest BCUT2D eigenvalue weighted by Gasteiger charge is -2.04. The molecule has 0 unspecified atom stereocenters. The first-order chi connectivity index (χ1) is 9.67. The minimum atomic E-state index is 0.0536. The number of fused-ring (bicyclic) bond motifs is 1. The Morgan fingerprint density at radius 1 is 1.00 bits per heavy atom. The molecule has 3 aromatic rings. The molecule has 0 N–H and O–H groups in total. The normalized spacial score (nSPS) is 10.4. The Hall–Kier alpha value is -2.22. The van der Waals surface area contributed by atoms with Crippen molar-refractivity contribution in [1.82, 2.24) is 15.0 Å². The van der Waals surface area contributed by atoms with Gasteiger partial charge < -0.3 is 0 Å². The Morgan fingerprint density at radius 2 is 1.85 bits per heavy atom. The second-order valence-electron chi connectivity index (χ2n) is 4.04. The lowest BCUT2D eigenvalue weighted by Crippen LogP contribution is -1.92. The summed E-state index contributed by atoms with van der Waals surface area (Å²) in [5, 5.41) is 9.88. The van der Waals surface area contributed by atoms with Crippen LogP contribution in [0.3, 0.4) is 0 Å². The summed E-state index contributed by atoms with van der Waals surface area (Å²) in [4.78, 5) is 12.3. The van der Waals surface area contributed by atoms with Gasteiger partial charge in [0.2, 0.25) is 5.28 Å². The van der Waals surface area contributed by atoms with Crippen molar-refractivity contribution in [2.24, 2.45) is 0 Å². The van der Waals surface area contributed by atoms with E-state index in [1.807, 2.05) is 12.1 Å². The van der Waals surface area contributed by atoms with Gasteiger partial charge in [-0.1, -0.05) is 23.7 Å². The maximum atomic E-state index is 8.93. The molecule has 0 saturated carbocycles. The van der Waals surface area contributed by atoms with Crippen molar-refractivity contribution < 1.29 is 0 Å². The summed E-state index contributed by atoms with van der Waals surface area (Å²) < 4.78 is 0. The van der Waals surface area contributed by atoms with Gasteiger partial charge in [-0.3, -0.25) is 0 Å². The standard InChI is InChI=1S/C14H6Cl2N4/c15-12-10-4-5-11(18-13(10)20-14(16)19-12)9-3-1-2-8(6-9)7-17/h1-6H. The van der Waals surface area contributed by atoms with Crippen molar-refractivity contribution in [2.45, 2.75) is 0 Å². The summed E-state index contributed by atoms with van der Waals surface area (Å²) in [6.45, 7) is 0. The van der Waals surface area contributed by atoms with Crippen molar-refractivity contribution in [3.8, 4) is 17.3 Å². The molecule has 2 aromatic heterocycles. The van der Waals surface area contributed by atoms with Gasteiger partial charge in [0.25, 0.3) is 0 Å². The fourth-order valence-electron chi connectivity index (χ4n) is 1.86. The van der Waals surface area contributed by atoms with Crippen molar-refractivity contribution in [3.05, 3.63) is 52.4 Å². The van der Waals surface area contributed by atoms with Crippen molar-refractivity contribution in [2.75, 3.05) is 0 Å². The van der Waals surface area contributed by atoms with E-state index in [1.165, 1.54) is 0 Å². The predicted molar refractivity (Wildman–Crippen MR) is 77.5 cm³/mol. The monoisotopic (exact) mass is 300 g/mol. The highest BCUT2D eigenvalue weighted by Crippen LogP contribution is 2.25. The largest absolute Gasteiger partial charge is 0.228 e. The van der Waals surface area contributed by atoms with Crippen LogP contribution in [0.2, 0.25) is 10.4 Å². The molecular formula is C14H6Cl2N4. The third kappa shape index (κ3) is 2.29. The first-order valence-electron chi connectivity index (χ1n) is 5.68. The third-order valence-corrected chi connectivity index (χ3v) is 3.23. The van der Waals surface area contributed by atoms with Gasteiger partial charge in [0, 0.05) is 5.56 Å². The van der Waals surface area contributed by atoms with Crippen LogP contribution in [0.5, 0.6) is 0 Å². The van der Waals surface area contributed by atoms with E-state index in [9.17, 15) is 0 Å². The summed E-state index contributed by atoms with van der Waals surface area (Å²) >= 11 is 11.8. The van der Waals surface area contributed by atoms with Crippen LogP contribution in [0.4, 0.5) is 0 Å². The first kappa shape index (κ1) is 12.8. The van der Waals surface area contributed by atoms with Gasteiger partial charge in [0.1, 0.15) is 5.15 Å². The molecule has 0 bridgehead atoms. The number of aromatic nitrogens is 3. The molecule has 0 atom stereocenters. The SMILES string of the molecule is N#Cc1cccc(-c2ccc3c(Cl)nc(Cl)nc3n2)c1. The predicted octanol–water partition coefficient (Wildman–Crippen LogP) is 3.87. The number of benzene rings is 1. The lowest BCUT2D eigenvalue weighted by molar-refractivity contribution is 1.18. The van der Waals surface area contributed by atoms with Crippen LogP contribution in [0.1, 0.15) is 5.56 Å². The summed E-state index contributed by atoms with van der Waals surface area (Å²) in [7, 11) is 0. The molecule has 20 heavy (non-hydrogen) atoms. The number of hydrogen-bond donors (Lipinski definition) is 0. The maximum absolute atomic E-state index is 8.93. The number of nitrogens with zero attached hydrogens (tertiary/aromatic N) is 4. The van der Waals surface area contributed by atoms with Crippen LogP contribution in [0.15, 0.2) is 36.4 Å². The minimum Gasteiger partial charge on any atom is -0.228 e. The molecule has 2 heterocycles. The Labute approximate surface area is 124 Å². The number of pyridine rings is 1. The summed E-state index contributed by atoms with van der Waals surface area (Å²) in [5.74, 6) is 0. The van der Waals surface area contributed by atoms with Crippen molar-refractivity contribution >= 4 is 34.2 Å². The van der Waals surface area contributed by atoms with Crippen LogP contribution in [0, 0.1) is 11.3 Å².